The fraction of sp³-hybridized carbons (Fsp3) is 0.929. The topological polar surface area (TPSA) is 77.8 Å². The van der Waals surface area contributed by atoms with Crippen LogP contribution in [0.3, 0.4) is 0 Å². The van der Waals surface area contributed by atoms with Crippen molar-refractivity contribution < 1.29 is 20.1 Å². The molecule has 110 valence electrons. The van der Waals surface area contributed by atoms with Crippen LogP contribution < -0.4 is 0 Å². The first-order chi connectivity index (χ1) is 8.25. The zero-order valence-corrected chi connectivity index (χ0v) is 12.5. The highest BCUT2D eigenvalue weighted by Crippen LogP contribution is 2.31. The van der Waals surface area contributed by atoms with Crippen LogP contribution in [0, 0.1) is 10.8 Å². The number of hydrogen-bond donors (Lipinski definition) is 3. The Labute approximate surface area is 111 Å². The van der Waals surface area contributed by atoms with Crippen molar-refractivity contribution in [3.05, 3.63) is 0 Å². The van der Waals surface area contributed by atoms with E-state index in [9.17, 15) is 4.79 Å². The normalized spacial score (nSPS) is 11.7. The molecule has 4 heteroatoms. The van der Waals surface area contributed by atoms with Crippen LogP contribution in [-0.4, -0.2) is 34.5 Å². The molecule has 0 saturated heterocycles. The minimum absolute atomic E-state index is 0.0451. The molecule has 0 radical (unpaired) electrons. The molecular weight excluding hydrogens is 232 g/mol. The van der Waals surface area contributed by atoms with Crippen molar-refractivity contribution in [2.45, 2.75) is 60.3 Å². The Bertz CT molecular complexity index is 214. The lowest BCUT2D eigenvalue weighted by Gasteiger charge is -2.25. The van der Waals surface area contributed by atoms with E-state index in [1.807, 2.05) is 20.8 Å². The Kier molecular flexibility index (Phi) is 10.2. The quantitative estimate of drug-likeness (QED) is 0.659. The van der Waals surface area contributed by atoms with Gasteiger partial charge in [0.05, 0.1) is 18.6 Å². The number of carbonyl (C=O) groups is 1. The van der Waals surface area contributed by atoms with Crippen molar-refractivity contribution in [3.8, 4) is 0 Å². The van der Waals surface area contributed by atoms with Crippen molar-refractivity contribution in [2.24, 2.45) is 10.8 Å². The number of aliphatic carboxylic acids is 1. The lowest BCUT2D eigenvalue weighted by atomic mass is 9.78. The third kappa shape index (κ3) is 6.97. The Morgan fingerprint density at radius 3 is 1.44 bits per heavy atom. The van der Waals surface area contributed by atoms with Gasteiger partial charge >= 0.3 is 5.97 Å². The van der Waals surface area contributed by atoms with Crippen LogP contribution in [0.4, 0.5) is 0 Å². The van der Waals surface area contributed by atoms with Crippen LogP contribution in [0.25, 0.3) is 0 Å². The molecule has 0 aromatic heterocycles. The monoisotopic (exact) mass is 262 g/mol. The van der Waals surface area contributed by atoms with Crippen molar-refractivity contribution in [2.75, 3.05) is 13.2 Å². The molecule has 0 amide bonds. The van der Waals surface area contributed by atoms with Crippen LogP contribution in [0.1, 0.15) is 60.3 Å². The second-order valence-electron chi connectivity index (χ2n) is 5.52. The summed E-state index contributed by atoms with van der Waals surface area (Å²) in [4.78, 5) is 10.9. The van der Waals surface area contributed by atoms with Gasteiger partial charge < -0.3 is 15.3 Å². The molecule has 0 aromatic carbocycles. The zero-order chi connectivity index (χ0) is 14.8. The van der Waals surface area contributed by atoms with Crippen molar-refractivity contribution >= 4 is 5.97 Å². The second-order valence-corrected chi connectivity index (χ2v) is 5.52. The van der Waals surface area contributed by atoms with Gasteiger partial charge in [0.25, 0.3) is 0 Å². The van der Waals surface area contributed by atoms with E-state index < -0.39 is 11.4 Å². The fourth-order valence-electron chi connectivity index (χ4n) is 1.54. The number of hydrogen-bond acceptors (Lipinski definition) is 3. The largest absolute Gasteiger partial charge is 0.481 e. The molecule has 0 unspecified atom stereocenters. The summed E-state index contributed by atoms with van der Waals surface area (Å²) < 4.78 is 0. The van der Waals surface area contributed by atoms with E-state index in [1.165, 1.54) is 0 Å². The lowest BCUT2D eigenvalue weighted by Crippen LogP contribution is -2.29. The summed E-state index contributed by atoms with van der Waals surface area (Å²) in [5.74, 6) is -0.635. The van der Waals surface area contributed by atoms with Crippen molar-refractivity contribution in [3.63, 3.8) is 0 Å². The zero-order valence-electron chi connectivity index (χ0n) is 12.5. The molecule has 0 aliphatic carbocycles. The number of carboxylic acids is 1. The van der Waals surface area contributed by atoms with Gasteiger partial charge in [-0.25, -0.2) is 0 Å². The van der Waals surface area contributed by atoms with E-state index in [1.54, 1.807) is 13.8 Å². The van der Waals surface area contributed by atoms with Crippen molar-refractivity contribution in [1.29, 1.82) is 0 Å². The van der Waals surface area contributed by atoms with E-state index in [0.29, 0.717) is 0 Å². The average Bonchev–Trinajstić information content (AvgIpc) is 2.36. The van der Waals surface area contributed by atoms with Gasteiger partial charge in [-0.3, -0.25) is 4.79 Å². The molecule has 0 aromatic rings. The number of aliphatic hydroxyl groups is 2. The van der Waals surface area contributed by atoms with E-state index in [2.05, 4.69) is 0 Å². The Hall–Kier alpha value is -0.610. The summed E-state index contributed by atoms with van der Waals surface area (Å²) in [5.41, 5.74) is -0.755. The molecule has 0 aliphatic rings. The predicted molar refractivity (Wildman–Crippen MR) is 73.5 cm³/mol. The van der Waals surface area contributed by atoms with Gasteiger partial charge in [-0.05, 0) is 19.3 Å². The first-order valence-electron chi connectivity index (χ1n) is 6.70. The lowest BCUT2D eigenvalue weighted by molar-refractivity contribution is -0.150. The standard InChI is InChI=1S/C9H18O2.C5H12O2/c1-4-7-9(5-2,6-3)8(10)11;1-5(2,3-6)4-7/h4-7H2,1-3H3,(H,10,11);6-7H,3-4H2,1-2H3. The minimum atomic E-state index is -0.635. The van der Waals surface area contributed by atoms with Gasteiger partial charge in [0, 0.05) is 5.41 Å². The van der Waals surface area contributed by atoms with Crippen molar-refractivity contribution in [1.82, 2.24) is 0 Å². The highest BCUT2D eigenvalue weighted by Gasteiger charge is 2.33. The summed E-state index contributed by atoms with van der Waals surface area (Å²) in [6.07, 6.45) is 3.24. The van der Waals surface area contributed by atoms with Crippen LogP contribution in [0.2, 0.25) is 0 Å². The van der Waals surface area contributed by atoms with E-state index in [4.69, 9.17) is 15.3 Å². The van der Waals surface area contributed by atoms with Crippen LogP contribution in [0.15, 0.2) is 0 Å². The van der Waals surface area contributed by atoms with Crippen LogP contribution in [-0.2, 0) is 4.79 Å². The third-order valence-corrected chi connectivity index (χ3v) is 3.39. The molecular formula is C14H30O4. The SMILES string of the molecule is CC(C)(CO)CO.CCCC(CC)(CC)C(=O)O. The van der Waals surface area contributed by atoms with Gasteiger partial charge in [0.1, 0.15) is 0 Å². The molecule has 3 N–H and O–H groups in total. The first-order valence-corrected chi connectivity index (χ1v) is 6.70. The molecule has 18 heavy (non-hydrogen) atoms. The summed E-state index contributed by atoms with van der Waals surface area (Å²) >= 11 is 0. The average molecular weight is 262 g/mol. The Morgan fingerprint density at radius 2 is 1.39 bits per heavy atom. The molecule has 0 bridgehead atoms. The van der Waals surface area contributed by atoms with E-state index >= 15 is 0 Å². The molecule has 0 spiro atoms. The molecule has 4 nitrogen and oxygen atoms in total. The fourth-order valence-corrected chi connectivity index (χ4v) is 1.54. The smallest absolute Gasteiger partial charge is 0.309 e. The summed E-state index contributed by atoms with van der Waals surface area (Å²) in [6, 6.07) is 0. The van der Waals surface area contributed by atoms with Crippen LogP contribution in [0.5, 0.6) is 0 Å². The molecule has 0 rings (SSSR count). The van der Waals surface area contributed by atoms with Gasteiger partial charge in [-0.15, -0.1) is 0 Å². The summed E-state index contributed by atoms with van der Waals surface area (Å²) in [6.45, 7) is 9.62. The first kappa shape index (κ1) is 19.7. The Morgan fingerprint density at radius 1 is 1.00 bits per heavy atom. The van der Waals surface area contributed by atoms with Gasteiger partial charge in [0.2, 0.25) is 0 Å². The Balaban J connectivity index is 0. The molecule has 0 heterocycles. The van der Waals surface area contributed by atoms with Gasteiger partial charge in [-0.2, -0.15) is 0 Å². The van der Waals surface area contributed by atoms with Gasteiger partial charge in [0.15, 0.2) is 0 Å². The molecule has 0 saturated carbocycles. The van der Waals surface area contributed by atoms with Crippen LogP contribution >= 0.6 is 0 Å². The predicted octanol–water partition coefficient (Wildman–Crippen LogP) is 2.67. The van der Waals surface area contributed by atoms with E-state index in [-0.39, 0.29) is 18.6 Å². The maximum absolute atomic E-state index is 10.9. The number of rotatable bonds is 7. The highest BCUT2D eigenvalue weighted by atomic mass is 16.4. The third-order valence-electron chi connectivity index (χ3n) is 3.39. The maximum atomic E-state index is 10.9. The van der Waals surface area contributed by atoms with Gasteiger partial charge in [-0.1, -0.05) is 41.0 Å². The highest BCUT2D eigenvalue weighted by molar-refractivity contribution is 5.74. The number of aliphatic hydroxyl groups excluding tert-OH is 2. The molecule has 0 fully saturated rings. The summed E-state index contributed by atoms with van der Waals surface area (Å²) in [7, 11) is 0. The minimum Gasteiger partial charge on any atom is -0.481 e. The second kappa shape index (κ2) is 9.34. The van der Waals surface area contributed by atoms with E-state index in [0.717, 1.165) is 25.7 Å². The summed E-state index contributed by atoms with van der Waals surface area (Å²) in [5, 5.41) is 25.8. The maximum Gasteiger partial charge on any atom is 0.309 e. The molecule has 0 atom stereocenters. The molecule has 0 aliphatic heterocycles. The number of carboxylic acid groups (broad SMARTS) is 1.